The predicted molar refractivity (Wildman–Crippen MR) is 68.1 cm³/mol. The second kappa shape index (κ2) is 4.52. The summed E-state index contributed by atoms with van der Waals surface area (Å²) in [4.78, 5) is 0. The molecule has 0 heterocycles. The average molecular weight is 219 g/mol. The van der Waals surface area contributed by atoms with E-state index in [4.69, 9.17) is 5.73 Å². The third kappa shape index (κ3) is 2.20. The highest BCUT2D eigenvalue weighted by Crippen LogP contribution is 2.55. The summed E-state index contributed by atoms with van der Waals surface area (Å²) in [6.45, 7) is 0. The van der Waals surface area contributed by atoms with Crippen molar-refractivity contribution in [1.29, 1.82) is 0 Å². The van der Waals surface area contributed by atoms with E-state index in [1.54, 1.807) is 5.57 Å². The summed E-state index contributed by atoms with van der Waals surface area (Å²) in [5, 5.41) is 0. The van der Waals surface area contributed by atoms with Gasteiger partial charge in [-0.2, -0.15) is 0 Å². The molecule has 1 nitrogen and oxygen atoms in total. The van der Waals surface area contributed by atoms with E-state index in [9.17, 15) is 0 Å². The number of allylic oxidation sites excluding steroid dienone is 1. The molecule has 0 aromatic heterocycles. The van der Waals surface area contributed by atoms with Gasteiger partial charge in [0.1, 0.15) is 0 Å². The fourth-order valence-electron chi connectivity index (χ4n) is 3.88. The molecule has 2 fully saturated rings. The van der Waals surface area contributed by atoms with Crippen LogP contribution in [0, 0.1) is 17.8 Å². The van der Waals surface area contributed by atoms with Crippen LogP contribution in [0.1, 0.15) is 57.8 Å². The highest BCUT2D eigenvalue weighted by Gasteiger charge is 2.47. The van der Waals surface area contributed by atoms with Crippen LogP contribution >= 0.6 is 0 Å². The van der Waals surface area contributed by atoms with Gasteiger partial charge < -0.3 is 5.73 Å². The zero-order valence-electron chi connectivity index (χ0n) is 10.3. The van der Waals surface area contributed by atoms with Crippen LogP contribution < -0.4 is 5.73 Å². The minimum atomic E-state index is 0.408. The zero-order valence-corrected chi connectivity index (χ0v) is 10.3. The maximum atomic E-state index is 6.49. The van der Waals surface area contributed by atoms with Crippen LogP contribution in [0.15, 0.2) is 11.6 Å². The Bertz CT molecular complexity index is 271. The summed E-state index contributed by atoms with van der Waals surface area (Å²) in [5.41, 5.74) is 8.09. The van der Waals surface area contributed by atoms with Gasteiger partial charge in [-0.05, 0) is 62.7 Å². The summed E-state index contributed by atoms with van der Waals surface area (Å²) >= 11 is 0. The van der Waals surface area contributed by atoms with Crippen molar-refractivity contribution < 1.29 is 0 Å². The van der Waals surface area contributed by atoms with Gasteiger partial charge in [0.15, 0.2) is 0 Å². The van der Waals surface area contributed by atoms with Gasteiger partial charge in [0, 0.05) is 6.04 Å². The predicted octanol–water partition coefficient (Wildman–Crippen LogP) is 3.64. The van der Waals surface area contributed by atoms with Gasteiger partial charge in [0.25, 0.3) is 0 Å². The Balaban J connectivity index is 1.61. The first-order chi connectivity index (χ1) is 7.84. The first kappa shape index (κ1) is 10.8. The minimum absolute atomic E-state index is 0.408. The Morgan fingerprint density at radius 1 is 1.00 bits per heavy atom. The van der Waals surface area contributed by atoms with E-state index in [0.29, 0.717) is 6.04 Å². The highest BCUT2D eigenvalue weighted by molar-refractivity contribution is 5.15. The molecule has 3 aliphatic carbocycles. The highest BCUT2D eigenvalue weighted by atomic mass is 14.7. The van der Waals surface area contributed by atoms with Gasteiger partial charge >= 0.3 is 0 Å². The molecule has 3 atom stereocenters. The molecule has 0 saturated heterocycles. The van der Waals surface area contributed by atoms with Crippen LogP contribution in [0.25, 0.3) is 0 Å². The first-order valence-corrected chi connectivity index (χ1v) is 7.29. The molecule has 16 heavy (non-hydrogen) atoms. The van der Waals surface area contributed by atoms with Crippen molar-refractivity contribution in [2.75, 3.05) is 0 Å². The van der Waals surface area contributed by atoms with E-state index in [1.807, 2.05) is 0 Å². The molecular formula is C15H25N. The SMILES string of the molecule is NC(C1=CCCCCCC1)C1CC2CC2C1. The van der Waals surface area contributed by atoms with Gasteiger partial charge in [0.05, 0.1) is 0 Å². The van der Waals surface area contributed by atoms with Crippen LogP contribution in [-0.2, 0) is 0 Å². The van der Waals surface area contributed by atoms with Crippen molar-refractivity contribution in [3.8, 4) is 0 Å². The average Bonchev–Trinajstić information content (AvgIpc) is 2.84. The van der Waals surface area contributed by atoms with Crippen molar-refractivity contribution in [1.82, 2.24) is 0 Å². The van der Waals surface area contributed by atoms with Crippen molar-refractivity contribution >= 4 is 0 Å². The maximum Gasteiger partial charge on any atom is 0.0282 e. The van der Waals surface area contributed by atoms with Gasteiger partial charge in [-0.1, -0.05) is 24.5 Å². The molecule has 2 N–H and O–H groups in total. The fourth-order valence-corrected chi connectivity index (χ4v) is 3.88. The molecule has 0 aromatic carbocycles. The van der Waals surface area contributed by atoms with Crippen molar-refractivity contribution in [2.45, 2.75) is 63.8 Å². The molecule has 2 saturated carbocycles. The van der Waals surface area contributed by atoms with E-state index < -0.39 is 0 Å². The number of nitrogens with two attached hydrogens (primary N) is 1. The number of rotatable bonds is 2. The monoisotopic (exact) mass is 219 g/mol. The molecular weight excluding hydrogens is 194 g/mol. The molecule has 0 aromatic rings. The molecule has 3 aliphatic rings. The van der Waals surface area contributed by atoms with Crippen molar-refractivity contribution in [3.05, 3.63) is 11.6 Å². The topological polar surface area (TPSA) is 26.0 Å². The Morgan fingerprint density at radius 2 is 1.75 bits per heavy atom. The van der Waals surface area contributed by atoms with Gasteiger partial charge in [0.2, 0.25) is 0 Å². The van der Waals surface area contributed by atoms with Crippen LogP contribution in [-0.4, -0.2) is 6.04 Å². The Hall–Kier alpha value is -0.300. The molecule has 0 spiro atoms. The third-order valence-electron chi connectivity index (χ3n) is 5.04. The zero-order chi connectivity index (χ0) is 11.0. The maximum absolute atomic E-state index is 6.49. The van der Waals surface area contributed by atoms with Crippen molar-refractivity contribution in [2.24, 2.45) is 23.5 Å². The van der Waals surface area contributed by atoms with Crippen LogP contribution in [0.2, 0.25) is 0 Å². The van der Waals surface area contributed by atoms with Crippen LogP contribution in [0.5, 0.6) is 0 Å². The summed E-state index contributed by atoms with van der Waals surface area (Å²) < 4.78 is 0. The van der Waals surface area contributed by atoms with E-state index in [1.165, 1.54) is 57.8 Å². The van der Waals surface area contributed by atoms with Crippen molar-refractivity contribution in [3.63, 3.8) is 0 Å². The molecule has 0 amide bonds. The van der Waals surface area contributed by atoms with Crippen LogP contribution in [0.3, 0.4) is 0 Å². The molecule has 0 aliphatic heterocycles. The van der Waals surface area contributed by atoms with E-state index >= 15 is 0 Å². The third-order valence-corrected chi connectivity index (χ3v) is 5.04. The number of fused-ring (bicyclic) bond motifs is 1. The summed E-state index contributed by atoms with van der Waals surface area (Å²) in [6, 6.07) is 0.408. The number of hydrogen-bond donors (Lipinski definition) is 1. The standard InChI is InChI=1S/C15H25N/c16-15(14-9-12-8-13(12)10-14)11-6-4-2-1-3-5-7-11/h6,12-15H,1-5,7-10,16H2. The Labute approximate surface area is 99.5 Å². The largest absolute Gasteiger partial charge is 0.324 e. The van der Waals surface area contributed by atoms with E-state index in [0.717, 1.165) is 17.8 Å². The lowest BCUT2D eigenvalue weighted by Crippen LogP contribution is -2.31. The normalized spacial score (nSPS) is 40.6. The molecule has 3 unspecified atom stereocenters. The molecule has 1 heteroatoms. The van der Waals surface area contributed by atoms with E-state index in [2.05, 4.69) is 6.08 Å². The van der Waals surface area contributed by atoms with Gasteiger partial charge in [-0.15, -0.1) is 0 Å². The fraction of sp³-hybridized carbons (Fsp3) is 0.867. The smallest absolute Gasteiger partial charge is 0.0282 e. The Kier molecular flexibility index (Phi) is 3.06. The van der Waals surface area contributed by atoms with Crippen LogP contribution in [0.4, 0.5) is 0 Å². The lowest BCUT2D eigenvalue weighted by atomic mass is 9.85. The van der Waals surface area contributed by atoms with Gasteiger partial charge in [-0.3, -0.25) is 0 Å². The summed E-state index contributed by atoms with van der Waals surface area (Å²) in [6.07, 6.45) is 15.0. The first-order valence-electron chi connectivity index (χ1n) is 7.29. The summed E-state index contributed by atoms with van der Waals surface area (Å²) in [5.74, 6) is 2.98. The quantitative estimate of drug-likeness (QED) is 0.705. The van der Waals surface area contributed by atoms with Gasteiger partial charge in [-0.25, -0.2) is 0 Å². The minimum Gasteiger partial charge on any atom is -0.324 e. The lowest BCUT2D eigenvalue weighted by molar-refractivity contribution is 0.416. The molecule has 0 radical (unpaired) electrons. The second-order valence-electron chi connectivity index (χ2n) is 6.25. The Morgan fingerprint density at radius 3 is 2.56 bits per heavy atom. The molecule has 90 valence electrons. The second-order valence-corrected chi connectivity index (χ2v) is 6.25. The molecule has 3 rings (SSSR count). The summed E-state index contributed by atoms with van der Waals surface area (Å²) in [7, 11) is 0. The lowest BCUT2D eigenvalue weighted by Gasteiger charge is -2.25. The van der Waals surface area contributed by atoms with E-state index in [-0.39, 0.29) is 0 Å². The number of hydrogen-bond acceptors (Lipinski definition) is 1. The molecule has 0 bridgehead atoms.